The molecule has 0 radical (unpaired) electrons. The summed E-state index contributed by atoms with van der Waals surface area (Å²) in [4.78, 5) is 12.9. The first-order valence-electron chi connectivity index (χ1n) is 5.00. The highest BCUT2D eigenvalue weighted by Gasteiger charge is 2.15. The molecule has 0 N–H and O–H groups in total. The highest BCUT2D eigenvalue weighted by molar-refractivity contribution is 5.67. The molecule has 1 amide bonds. The smallest absolute Gasteiger partial charge is 0.409 e. The number of hydrogen-bond acceptors (Lipinski definition) is 2. The van der Waals surface area contributed by atoms with Gasteiger partial charge in [-0.3, -0.25) is 0 Å². The van der Waals surface area contributed by atoms with Crippen molar-refractivity contribution in [2.45, 2.75) is 19.4 Å². The summed E-state index contributed by atoms with van der Waals surface area (Å²) in [5.74, 6) is 0. The van der Waals surface area contributed by atoms with Crippen LogP contribution < -0.4 is 0 Å². The standard InChI is InChI=1S/C12H17NO2/c1-10(13(2)12(14)15-3)9-11-7-5-4-6-8-11/h4-8,10H,9H2,1-3H3. The Hall–Kier alpha value is -1.51. The molecule has 0 aliphatic heterocycles. The van der Waals surface area contributed by atoms with E-state index in [0.29, 0.717) is 0 Å². The Morgan fingerprint density at radius 3 is 2.53 bits per heavy atom. The Morgan fingerprint density at radius 1 is 1.40 bits per heavy atom. The second kappa shape index (κ2) is 5.39. The zero-order valence-electron chi connectivity index (χ0n) is 9.43. The molecule has 0 saturated carbocycles. The minimum absolute atomic E-state index is 0.139. The highest BCUT2D eigenvalue weighted by Crippen LogP contribution is 2.07. The topological polar surface area (TPSA) is 29.5 Å². The summed E-state index contributed by atoms with van der Waals surface area (Å²) in [5, 5.41) is 0. The number of ether oxygens (including phenoxy) is 1. The molecule has 15 heavy (non-hydrogen) atoms. The predicted octanol–water partition coefficient (Wildman–Crippen LogP) is 2.32. The fourth-order valence-electron chi connectivity index (χ4n) is 1.42. The third kappa shape index (κ3) is 3.27. The van der Waals surface area contributed by atoms with E-state index < -0.39 is 0 Å². The Kier molecular flexibility index (Phi) is 4.16. The molecular weight excluding hydrogens is 190 g/mol. The number of carbonyl (C=O) groups excluding carboxylic acids is 1. The van der Waals surface area contributed by atoms with Crippen LogP contribution in [0.1, 0.15) is 12.5 Å². The Morgan fingerprint density at radius 2 is 2.00 bits per heavy atom. The predicted molar refractivity (Wildman–Crippen MR) is 59.8 cm³/mol. The molecule has 1 unspecified atom stereocenters. The van der Waals surface area contributed by atoms with Crippen molar-refractivity contribution in [1.82, 2.24) is 4.90 Å². The maximum Gasteiger partial charge on any atom is 0.409 e. The van der Waals surface area contributed by atoms with Crippen LogP contribution in [0.3, 0.4) is 0 Å². The van der Waals surface area contributed by atoms with Crippen molar-refractivity contribution in [3.63, 3.8) is 0 Å². The molecule has 0 spiro atoms. The summed E-state index contributed by atoms with van der Waals surface area (Å²) < 4.78 is 4.66. The van der Waals surface area contributed by atoms with Gasteiger partial charge in [-0.25, -0.2) is 4.79 Å². The molecule has 0 heterocycles. The molecule has 1 aromatic rings. The zero-order chi connectivity index (χ0) is 11.3. The van der Waals surface area contributed by atoms with Crippen LogP contribution in [0.2, 0.25) is 0 Å². The Labute approximate surface area is 90.7 Å². The van der Waals surface area contributed by atoms with Gasteiger partial charge in [0.25, 0.3) is 0 Å². The molecule has 0 aromatic heterocycles. The van der Waals surface area contributed by atoms with Crippen LogP contribution in [-0.2, 0) is 11.2 Å². The average molecular weight is 207 g/mol. The Bertz CT molecular complexity index is 311. The van der Waals surface area contributed by atoms with Crippen molar-refractivity contribution < 1.29 is 9.53 Å². The first kappa shape index (κ1) is 11.6. The van der Waals surface area contributed by atoms with E-state index in [2.05, 4.69) is 16.9 Å². The molecule has 3 nitrogen and oxygen atoms in total. The van der Waals surface area contributed by atoms with Crippen LogP contribution in [-0.4, -0.2) is 31.2 Å². The lowest BCUT2D eigenvalue weighted by molar-refractivity contribution is 0.120. The summed E-state index contributed by atoms with van der Waals surface area (Å²) in [7, 11) is 3.15. The van der Waals surface area contributed by atoms with E-state index >= 15 is 0 Å². The summed E-state index contributed by atoms with van der Waals surface area (Å²) >= 11 is 0. The quantitative estimate of drug-likeness (QED) is 0.761. The second-order valence-corrected chi connectivity index (χ2v) is 3.62. The van der Waals surface area contributed by atoms with E-state index in [1.165, 1.54) is 12.7 Å². The van der Waals surface area contributed by atoms with Crippen LogP contribution in [0, 0.1) is 0 Å². The third-order valence-electron chi connectivity index (χ3n) is 2.50. The molecule has 0 fully saturated rings. The van der Waals surface area contributed by atoms with Gasteiger partial charge < -0.3 is 9.64 Å². The molecule has 0 bridgehead atoms. The summed E-state index contributed by atoms with van der Waals surface area (Å²) in [6.07, 6.45) is 0.547. The molecule has 1 atom stereocenters. The number of likely N-dealkylation sites (N-methyl/N-ethyl adjacent to an activating group) is 1. The summed E-state index contributed by atoms with van der Waals surface area (Å²) in [5.41, 5.74) is 1.22. The van der Waals surface area contributed by atoms with Crippen LogP contribution in [0.15, 0.2) is 30.3 Å². The van der Waals surface area contributed by atoms with Gasteiger partial charge in [-0.05, 0) is 18.9 Å². The van der Waals surface area contributed by atoms with Gasteiger partial charge in [0.05, 0.1) is 7.11 Å². The Balaban J connectivity index is 2.56. The monoisotopic (exact) mass is 207 g/mol. The maximum atomic E-state index is 11.2. The van der Waals surface area contributed by atoms with E-state index in [0.717, 1.165) is 6.42 Å². The van der Waals surface area contributed by atoms with Gasteiger partial charge in [0.2, 0.25) is 0 Å². The van der Waals surface area contributed by atoms with Crippen LogP contribution in [0.4, 0.5) is 4.79 Å². The van der Waals surface area contributed by atoms with Crippen molar-refractivity contribution in [3.8, 4) is 0 Å². The van der Waals surface area contributed by atoms with Gasteiger partial charge in [-0.1, -0.05) is 30.3 Å². The van der Waals surface area contributed by atoms with Crippen LogP contribution in [0.25, 0.3) is 0 Å². The van der Waals surface area contributed by atoms with Gasteiger partial charge in [0, 0.05) is 13.1 Å². The second-order valence-electron chi connectivity index (χ2n) is 3.62. The summed E-state index contributed by atoms with van der Waals surface area (Å²) in [6, 6.07) is 10.2. The molecule has 1 rings (SSSR count). The fraction of sp³-hybridized carbons (Fsp3) is 0.417. The van der Waals surface area contributed by atoms with E-state index in [9.17, 15) is 4.79 Å². The van der Waals surface area contributed by atoms with Crippen molar-refractivity contribution in [2.24, 2.45) is 0 Å². The highest BCUT2D eigenvalue weighted by atomic mass is 16.5. The van der Waals surface area contributed by atoms with Crippen LogP contribution >= 0.6 is 0 Å². The molecule has 82 valence electrons. The first-order valence-corrected chi connectivity index (χ1v) is 5.00. The molecular formula is C12H17NO2. The normalized spacial score (nSPS) is 11.9. The number of nitrogens with zero attached hydrogens (tertiary/aromatic N) is 1. The lowest BCUT2D eigenvalue weighted by Gasteiger charge is -2.23. The van der Waals surface area contributed by atoms with E-state index in [1.807, 2.05) is 25.1 Å². The SMILES string of the molecule is COC(=O)N(C)C(C)Cc1ccccc1. The lowest BCUT2D eigenvalue weighted by atomic mass is 10.1. The molecule has 3 heteroatoms. The lowest BCUT2D eigenvalue weighted by Crippen LogP contribution is -2.36. The van der Waals surface area contributed by atoms with Crippen molar-refractivity contribution in [3.05, 3.63) is 35.9 Å². The average Bonchev–Trinajstić information content (AvgIpc) is 2.28. The van der Waals surface area contributed by atoms with Crippen LogP contribution in [0.5, 0.6) is 0 Å². The number of carbonyl (C=O) groups is 1. The fourth-order valence-corrected chi connectivity index (χ4v) is 1.42. The number of rotatable bonds is 3. The van der Waals surface area contributed by atoms with Gasteiger partial charge in [-0.15, -0.1) is 0 Å². The van der Waals surface area contributed by atoms with Gasteiger partial charge in [-0.2, -0.15) is 0 Å². The number of hydrogen-bond donors (Lipinski definition) is 0. The van der Waals surface area contributed by atoms with E-state index in [-0.39, 0.29) is 12.1 Å². The van der Waals surface area contributed by atoms with Gasteiger partial charge in [0.15, 0.2) is 0 Å². The minimum atomic E-state index is -0.293. The van der Waals surface area contributed by atoms with Crippen molar-refractivity contribution in [1.29, 1.82) is 0 Å². The first-order chi connectivity index (χ1) is 7.15. The largest absolute Gasteiger partial charge is 0.453 e. The number of amides is 1. The van der Waals surface area contributed by atoms with E-state index in [4.69, 9.17) is 0 Å². The molecule has 0 aliphatic rings. The van der Waals surface area contributed by atoms with Gasteiger partial charge in [0.1, 0.15) is 0 Å². The van der Waals surface area contributed by atoms with E-state index in [1.54, 1.807) is 11.9 Å². The molecule has 1 aromatic carbocycles. The van der Waals surface area contributed by atoms with Crippen molar-refractivity contribution >= 4 is 6.09 Å². The zero-order valence-corrected chi connectivity index (χ0v) is 9.43. The number of methoxy groups -OCH3 is 1. The van der Waals surface area contributed by atoms with Gasteiger partial charge >= 0.3 is 6.09 Å². The maximum absolute atomic E-state index is 11.2. The minimum Gasteiger partial charge on any atom is -0.453 e. The third-order valence-corrected chi connectivity index (χ3v) is 2.50. The molecule has 0 aliphatic carbocycles. The molecule has 0 saturated heterocycles. The summed E-state index contributed by atoms with van der Waals surface area (Å²) in [6.45, 7) is 2.00. The number of benzene rings is 1. The van der Waals surface area contributed by atoms with Crippen molar-refractivity contribution in [2.75, 3.05) is 14.2 Å².